The SMILES string of the molecule is O=C(O)C1(c2nc3ccccc3[nH]2)CC1c1ccccc1. The molecule has 104 valence electrons. The van der Waals surface area contributed by atoms with Crippen molar-refractivity contribution >= 4 is 17.0 Å². The first-order chi connectivity index (χ1) is 10.2. The van der Waals surface area contributed by atoms with Crippen LogP contribution in [0.4, 0.5) is 0 Å². The number of hydrogen-bond donors (Lipinski definition) is 2. The largest absolute Gasteiger partial charge is 0.480 e. The summed E-state index contributed by atoms with van der Waals surface area (Å²) < 4.78 is 0. The number of imidazole rings is 1. The van der Waals surface area contributed by atoms with Gasteiger partial charge < -0.3 is 10.1 Å². The third-order valence-corrected chi connectivity index (χ3v) is 4.36. The van der Waals surface area contributed by atoms with E-state index in [2.05, 4.69) is 9.97 Å². The lowest BCUT2D eigenvalue weighted by Crippen LogP contribution is -2.23. The van der Waals surface area contributed by atoms with E-state index < -0.39 is 11.4 Å². The number of carboxylic acids is 1. The van der Waals surface area contributed by atoms with Gasteiger partial charge in [-0.2, -0.15) is 0 Å². The summed E-state index contributed by atoms with van der Waals surface area (Å²) in [6, 6.07) is 17.4. The fourth-order valence-corrected chi connectivity index (χ4v) is 3.11. The topological polar surface area (TPSA) is 66.0 Å². The van der Waals surface area contributed by atoms with Crippen molar-refractivity contribution in [3.05, 3.63) is 66.0 Å². The van der Waals surface area contributed by atoms with Crippen molar-refractivity contribution in [2.45, 2.75) is 17.8 Å². The number of para-hydroxylation sites is 2. The molecule has 1 aromatic heterocycles. The second-order valence-electron chi connectivity index (χ2n) is 5.55. The Balaban J connectivity index is 1.82. The highest BCUT2D eigenvalue weighted by molar-refractivity contribution is 5.88. The summed E-state index contributed by atoms with van der Waals surface area (Å²) in [7, 11) is 0. The maximum absolute atomic E-state index is 11.9. The second kappa shape index (κ2) is 4.19. The third kappa shape index (κ3) is 1.69. The molecule has 2 N–H and O–H groups in total. The number of H-pyrrole nitrogens is 1. The van der Waals surface area contributed by atoms with Crippen LogP contribution in [0.25, 0.3) is 11.0 Å². The zero-order chi connectivity index (χ0) is 14.4. The summed E-state index contributed by atoms with van der Waals surface area (Å²) in [6.07, 6.45) is 0.589. The average Bonchev–Trinajstić information content (AvgIpc) is 3.14. The first-order valence-electron chi connectivity index (χ1n) is 6.95. The number of rotatable bonds is 3. The number of aliphatic carboxylic acids is 1. The molecule has 2 aromatic carbocycles. The normalized spacial score (nSPS) is 24.1. The highest BCUT2D eigenvalue weighted by Gasteiger charge is 2.64. The third-order valence-electron chi connectivity index (χ3n) is 4.36. The highest BCUT2D eigenvalue weighted by Crippen LogP contribution is 2.60. The van der Waals surface area contributed by atoms with Crippen LogP contribution in [-0.2, 0) is 10.2 Å². The quantitative estimate of drug-likeness (QED) is 0.773. The van der Waals surface area contributed by atoms with Gasteiger partial charge in [0.05, 0.1) is 11.0 Å². The maximum Gasteiger partial charge on any atom is 0.317 e. The van der Waals surface area contributed by atoms with Crippen LogP contribution >= 0.6 is 0 Å². The van der Waals surface area contributed by atoms with Crippen LogP contribution in [0.3, 0.4) is 0 Å². The molecule has 0 spiro atoms. The minimum absolute atomic E-state index is 0.0169. The number of fused-ring (bicyclic) bond motifs is 1. The van der Waals surface area contributed by atoms with Crippen LogP contribution in [0.5, 0.6) is 0 Å². The molecule has 1 aliphatic rings. The van der Waals surface area contributed by atoms with Crippen LogP contribution in [-0.4, -0.2) is 21.0 Å². The van der Waals surface area contributed by atoms with Crippen LogP contribution in [0, 0.1) is 0 Å². The lowest BCUT2D eigenvalue weighted by atomic mass is 9.98. The Hall–Kier alpha value is -2.62. The number of nitrogens with zero attached hydrogens (tertiary/aromatic N) is 1. The molecule has 1 heterocycles. The summed E-state index contributed by atoms with van der Waals surface area (Å²) in [5.41, 5.74) is 1.83. The van der Waals surface area contributed by atoms with Gasteiger partial charge in [0.25, 0.3) is 0 Å². The van der Waals surface area contributed by atoms with Crippen LogP contribution in [0.15, 0.2) is 54.6 Å². The van der Waals surface area contributed by atoms with E-state index in [1.807, 2.05) is 54.6 Å². The number of benzene rings is 2. The van der Waals surface area contributed by atoms with Gasteiger partial charge in [-0.1, -0.05) is 42.5 Å². The van der Waals surface area contributed by atoms with Crippen molar-refractivity contribution in [2.75, 3.05) is 0 Å². The molecule has 4 heteroatoms. The van der Waals surface area contributed by atoms with Gasteiger partial charge in [0.1, 0.15) is 11.2 Å². The van der Waals surface area contributed by atoms with Gasteiger partial charge in [0, 0.05) is 5.92 Å². The molecule has 1 aliphatic carbocycles. The Morgan fingerprint density at radius 2 is 1.86 bits per heavy atom. The smallest absolute Gasteiger partial charge is 0.317 e. The highest BCUT2D eigenvalue weighted by atomic mass is 16.4. The lowest BCUT2D eigenvalue weighted by Gasteiger charge is -2.09. The predicted molar refractivity (Wildman–Crippen MR) is 79.2 cm³/mol. The monoisotopic (exact) mass is 278 g/mol. The van der Waals surface area contributed by atoms with Crippen molar-refractivity contribution in [2.24, 2.45) is 0 Å². The fraction of sp³-hybridized carbons (Fsp3) is 0.176. The van der Waals surface area contributed by atoms with E-state index in [9.17, 15) is 9.90 Å². The van der Waals surface area contributed by atoms with Crippen LogP contribution in [0.1, 0.15) is 23.7 Å². The summed E-state index contributed by atoms with van der Waals surface area (Å²) in [6.45, 7) is 0. The molecule has 0 radical (unpaired) electrons. The minimum atomic E-state index is -0.916. The van der Waals surface area contributed by atoms with Gasteiger partial charge in [0.15, 0.2) is 0 Å². The maximum atomic E-state index is 11.9. The molecule has 0 aliphatic heterocycles. The number of carbonyl (C=O) groups is 1. The van der Waals surface area contributed by atoms with Gasteiger partial charge in [0.2, 0.25) is 0 Å². The van der Waals surface area contributed by atoms with Gasteiger partial charge in [-0.15, -0.1) is 0 Å². The lowest BCUT2D eigenvalue weighted by molar-refractivity contribution is -0.140. The molecular formula is C17H14N2O2. The first-order valence-corrected chi connectivity index (χ1v) is 6.95. The van der Waals surface area contributed by atoms with Gasteiger partial charge >= 0.3 is 5.97 Å². The van der Waals surface area contributed by atoms with E-state index in [0.717, 1.165) is 16.6 Å². The summed E-state index contributed by atoms with van der Waals surface area (Å²) in [4.78, 5) is 19.6. The minimum Gasteiger partial charge on any atom is -0.480 e. The molecule has 2 unspecified atom stereocenters. The summed E-state index contributed by atoms with van der Waals surface area (Å²) in [5.74, 6) is -0.266. The molecule has 3 aromatic rings. The molecule has 4 nitrogen and oxygen atoms in total. The van der Waals surface area contributed by atoms with E-state index in [0.29, 0.717) is 12.2 Å². The van der Waals surface area contributed by atoms with E-state index in [1.165, 1.54) is 0 Å². The molecular weight excluding hydrogens is 264 g/mol. The number of hydrogen-bond acceptors (Lipinski definition) is 2. The Morgan fingerprint density at radius 1 is 1.14 bits per heavy atom. The Bertz CT molecular complexity index is 792. The van der Waals surface area contributed by atoms with Crippen LogP contribution in [0.2, 0.25) is 0 Å². The van der Waals surface area contributed by atoms with E-state index in [1.54, 1.807) is 0 Å². The van der Waals surface area contributed by atoms with E-state index in [-0.39, 0.29) is 5.92 Å². The van der Waals surface area contributed by atoms with Gasteiger partial charge in [-0.25, -0.2) is 4.98 Å². The van der Waals surface area contributed by atoms with E-state index >= 15 is 0 Å². The molecule has 0 amide bonds. The molecule has 4 rings (SSSR count). The van der Waals surface area contributed by atoms with Crippen molar-refractivity contribution in [3.63, 3.8) is 0 Å². The molecule has 21 heavy (non-hydrogen) atoms. The number of carboxylic acid groups (broad SMARTS) is 1. The van der Waals surface area contributed by atoms with Crippen molar-refractivity contribution < 1.29 is 9.90 Å². The molecule has 0 bridgehead atoms. The van der Waals surface area contributed by atoms with Crippen molar-refractivity contribution in [3.8, 4) is 0 Å². The average molecular weight is 278 g/mol. The zero-order valence-corrected chi connectivity index (χ0v) is 11.3. The fourth-order valence-electron chi connectivity index (χ4n) is 3.11. The number of aromatic nitrogens is 2. The molecule has 1 saturated carbocycles. The second-order valence-corrected chi connectivity index (χ2v) is 5.55. The molecule has 2 atom stereocenters. The zero-order valence-electron chi connectivity index (χ0n) is 11.3. The number of nitrogens with one attached hydrogen (secondary N) is 1. The predicted octanol–water partition coefficient (Wildman–Crippen LogP) is 3.07. The summed E-state index contributed by atoms with van der Waals surface area (Å²) in [5, 5.41) is 9.75. The van der Waals surface area contributed by atoms with Crippen molar-refractivity contribution in [1.29, 1.82) is 0 Å². The Morgan fingerprint density at radius 3 is 2.57 bits per heavy atom. The Labute approximate surface area is 121 Å². The van der Waals surface area contributed by atoms with E-state index in [4.69, 9.17) is 0 Å². The molecule has 0 saturated heterocycles. The Kier molecular flexibility index (Phi) is 2.42. The van der Waals surface area contributed by atoms with Crippen LogP contribution < -0.4 is 0 Å². The first kappa shape index (κ1) is 12.1. The van der Waals surface area contributed by atoms with Gasteiger partial charge in [-0.3, -0.25) is 4.79 Å². The van der Waals surface area contributed by atoms with Crippen molar-refractivity contribution in [1.82, 2.24) is 9.97 Å². The number of aromatic amines is 1. The summed E-state index contributed by atoms with van der Waals surface area (Å²) >= 11 is 0. The van der Waals surface area contributed by atoms with Gasteiger partial charge in [-0.05, 0) is 24.1 Å². The standard InChI is InChI=1S/C17H14N2O2/c20-16(21)17(10-12(17)11-6-2-1-3-7-11)15-18-13-8-4-5-9-14(13)19-15/h1-9,12H,10H2,(H,18,19)(H,20,21). The molecule has 1 fully saturated rings.